The van der Waals surface area contributed by atoms with E-state index in [-0.39, 0.29) is 6.10 Å². The summed E-state index contributed by atoms with van der Waals surface area (Å²) in [5.41, 5.74) is 1.02. The Kier molecular flexibility index (Phi) is 2.41. The number of fused-ring (bicyclic) bond motifs is 1. The van der Waals surface area contributed by atoms with Crippen molar-refractivity contribution in [3.63, 3.8) is 0 Å². The first-order valence-corrected chi connectivity index (χ1v) is 5.70. The van der Waals surface area contributed by atoms with Crippen LogP contribution in [0.1, 0.15) is 18.6 Å². The van der Waals surface area contributed by atoms with Gasteiger partial charge in [-0.05, 0) is 35.4 Å². The van der Waals surface area contributed by atoms with E-state index < -0.39 is 0 Å². The van der Waals surface area contributed by atoms with Gasteiger partial charge in [-0.25, -0.2) is 0 Å². The van der Waals surface area contributed by atoms with Crippen molar-refractivity contribution >= 4 is 37.4 Å². The van der Waals surface area contributed by atoms with Gasteiger partial charge in [0.15, 0.2) is 0 Å². The van der Waals surface area contributed by atoms with Gasteiger partial charge in [-0.1, -0.05) is 22.0 Å². The van der Waals surface area contributed by atoms with Crippen LogP contribution in [0.3, 0.4) is 0 Å². The summed E-state index contributed by atoms with van der Waals surface area (Å²) in [4.78, 5) is 0. The lowest BCUT2D eigenvalue weighted by Gasteiger charge is -2.01. The van der Waals surface area contributed by atoms with E-state index in [4.69, 9.17) is 0 Å². The molecule has 0 aliphatic rings. The van der Waals surface area contributed by atoms with Gasteiger partial charge in [0, 0.05) is 9.17 Å². The van der Waals surface area contributed by atoms with Gasteiger partial charge >= 0.3 is 0 Å². The molecule has 0 saturated heterocycles. The lowest BCUT2D eigenvalue weighted by Crippen LogP contribution is -1.87. The zero-order valence-electron chi connectivity index (χ0n) is 7.12. The molecule has 68 valence electrons. The van der Waals surface area contributed by atoms with Crippen LogP contribution in [-0.2, 0) is 0 Å². The predicted molar refractivity (Wildman–Crippen MR) is 60.2 cm³/mol. The molecule has 1 unspecified atom stereocenters. The predicted octanol–water partition coefficient (Wildman–Crippen LogP) is 3.72. The highest BCUT2D eigenvalue weighted by Crippen LogP contribution is 2.31. The third-order valence-corrected chi connectivity index (χ3v) is 3.47. The van der Waals surface area contributed by atoms with Gasteiger partial charge in [0.25, 0.3) is 0 Å². The molecule has 0 bridgehead atoms. The summed E-state index contributed by atoms with van der Waals surface area (Å²) in [5, 5.41) is 12.6. The second kappa shape index (κ2) is 3.40. The van der Waals surface area contributed by atoms with Crippen LogP contribution in [0.15, 0.2) is 28.1 Å². The summed E-state index contributed by atoms with van der Waals surface area (Å²) >= 11 is 5.09. The molecule has 0 radical (unpaired) electrons. The van der Waals surface area contributed by atoms with E-state index in [1.165, 1.54) is 4.70 Å². The average molecular weight is 257 g/mol. The zero-order chi connectivity index (χ0) is 9.42. The number of aliphatic hydroxyl groups excluding tert-OH is 1. The van der Waals surface area contributed by atoms with Gasteiger partial charge in [-0.15, -0.1) is 11.3 Å². The Morgan fingerprint density at radius 2 is 2.23 bits per heavy atom. The minimum Gasteiger partial charge on any atom is -0.389 e. The minimum atomic E-state index is -0.380. The molecule has 1 atom stereocenters. The first kappa shape index (κ1) is 9.19. The fourth-order valence-electron chi connectivity index (χ4n) is 1.35. The first-order chi connectivity index (χ1) is 6.18. The van der Waals surface area contributed by atoms with Crippen molar-refractivity contribution in [2.75, 3.05) is 0 Å². The van der Waals surface area contributed by atoms with Crippen LogP contribution in [0.4, 0.5) is 0 Å². The molecule has 1 aromatic heterocycles. The molecule has 2 aromatic rings. The molecule has 0 saturated carbocycles. The molecule has 3 heteroatoms. The quantitative estimate of drug-likeness (QED) is 0.825. The molecule has 0 fully saturated rings. The number of hydrogen-bond donors (Lipinski definition) is 1. The maximum Gasteiger partial charge on any atom is 0.0776 e. The van der Waals surface area contributed by atoms with Crippen molar-refractivity contribution in [2.24, 2.45) is 0 Å². The Bertz CT molecular complexity index is 433. The third-order valence-electron chi connectivity index (χ3n) is 2.02. The minimum absolute atomic E-state index is 0.380. The molecule has 1 nitrogen and oxygen atoms in total. The lowest BCUT2D eigenvalue weighted by molar-refractivity contribution is 0.201. The smallest absolute Gasteiger partial charge is 0.0776 e. The molecule has 1 heterocycles. The number of aliphatic hydroxyl groups is 1. The van der Waals surface area contributed by atoms with Crippen LogP contribution in [0.5, 0.6) is 0 Å². The summed E-state index contributed by atoms with van der Waals surface area (Å²) in [6.45, 7) is 1.80. The first-order valence-electron chi connectivity index (χ1n) is 4.03. The van der Waals surface area contributed by atoms with E-state index in [1.54, 1.807) is 18.3 Å². The van der Waals surface area contributed by atoms with Gasteiger partial charge in [-0.3, -0.25) is 0 Å². The van der Waals surface area contributed by atoms with Crippen molar-refractivity contribution in [1.82, 2.24) is 0 Å². The fraction of sp³-hybridized carbons (Fsp3) is 0.200. The molecular formula is C10H9BrOS. The monoisotopic (exact) mass is 256 g/mol. The van der Waals surface area contributed by atoms with Crippen LogP contribution in [0.25, 0.3) is 10.1 Å². The largest absolute Gasteiger partial charge is 0.389 e. The van der Waals surface area contributed by atoms with E-state index in [1.807, 2.05) is 17.5 Å². The van der Waals surface area contributed by atoms with Gasteiger partial charge in [-0.2, -0.15) is 0 Å². The lowest BCUT2D eigenvalue weighted by atomic mass is 10.1. The van der Waals surface area contributed by atoms with E-state index in [2.05, 4.69) is 22.0 Å². The normalized spacial score (nSPS) is 13.5. The molecule has 0 amide bonds. The fourth-order valence-corrected chi connectivity index (χ4v) is 2.94. The summed E-state index contributed by atoms with van der Waals surface area (Å²) in [5.74, 6) is 0. The highest BCUT2D eigenvalue weighted by atomic mass is 79.9. The Morgan fingerprint density at radius 3 is 2.92 bits per heavy atom. The molecule has 13 heavy (non-hydrogen) atoms. The average Bonchev–Trinajstić information content (AvgIpc) is 2.46. The number of benzene rings is 1. The molecule has 1 N–H and O–H groups in total. The Hall–Kier alpha value is -0.380. The zero-order valence-corrected chi connectivity index (χ0v) is 9.52. The molecule has 0 aliphatic heterocycles. The summed E-state index contributed by atoms with van der Waals surface area (Å²) in [7, 11) is 0. The van der Waals surface area contributed by atoms with Gasteiger partial charge in [0.2, 0.25) is 0 Å². The van der Waals surface area contributed by atoms with Crippen LogP contribution >= 0.6 is 27.3 Å². The molecular weight excluding hydrogens is 248 g/mol. The molecule has 2 rings (SSSR count). The number of rotatable bonds is 1. The maximum absolute atomic E-state index is 9.47. The highest BCUT2D eigenvalue weighted by Gasteiger charge is 2.08. The van der Waals surface area contributed by atoms with E-state index in [9.17, 15) is 5.11 Å². The highest BCUT2D eigenvalue weighted by molar-refractivity contribution is 9.10. The summed E-state index contributed by atoms with van der Waals surface area (Å²) in [6, 6.07) is 6.12. The SMILES string of the molecule is CC(O)c1csc2cc(Br)ccc12. The maximum atomic E-state index is 9.47. The van der Waals surface area contributed by atoms with Crippen molar-refractivity contribution in [3.05, 3.63) is 33.6 Å². The van der Waals surface area contributed by atoms with Gasteiger partial charge in [0.05, 0.1) is 6.10 Å². The Labute approximate surface area is 89.1 Å². The third kappa shape index (κ3) is 1.64. The molecule has 1 aromatic carbocycles. The van der Waals surface area contributed by atoms with Gasteiger partial charge in [0.1, 0.15) is 0 Å². The second-order valence-corrected chi connectivity index (χ2v) is 4.83. The Balaban J connectivity index is 2.69. The van der Waals surface area contributed by atoms with E-state index in [0.29, 0.717) is 0 Å². The van der Waals surface area contributed by atoms with Crippen LogP contribution < -0.4 is 0 Å². The van der Waals surface area contributed by atoms with E-state index >= 15 is 0 Å². The molecule has 0 aliphatic carbocycles. The van der Waals surface area contributed by atoms with Gasteiger partial charge < -0.3 is 5.11 Å². The van der Waals surface area contributed by atoms with Crippen molar-refractivity contribution in [2.45, 2.75) is 13.0 Å². The number of hydrogen-bond acceptors (Lipinski definition) is 2. The number of halogens is 1. The summed E-state index contributed by atoms with van der Waals surface area (Å²) < 4.78 is 2.30. The Morgan fingerprint density at radius 1 is 1.46 bits per heavy atom. The van der Waals surface area contributed by atoms with Crippen molar-refractivity contribution < 1.29 is 5.11 Å². The van der Waals surface area contributed by atoms with Crippen LogP contribution in [0.2, 0.25) is 0 Å². The number of thiophene rings is 1. The van der Waals surface area contributed by atoms with Crippen molar-refractivity contribution in [1.29, 1.82) is 0 Å². The molecule has 0 spiro atoms. The van der Waals surface area contributed by atoms with E-state index in [0.717, 1.165) is 15.4 Å². The van der Waals surface area contributed by atoms with Crippen LogP contribution in [-0.4, -0.2) is 5.11 Å². The topological polar surface area (TPSA) is 20.2 Å². The summed E-state index contributed by atoms with van der Waals surface area (Å²) in [6.07, 6.45) is -0.380. The van der Waals surface area contributed by atoms with Crippen LogP contribution in [0, 0.1) is 0 Å². The van der Waals surface area contributed by atoms with Crippen molar-refractivity contribution in [3.8, 4) is 0 Å². The standard InChI is InChI=1S/C10H9BrOS/c1-6(12)9-5-13-10-4-7(11)2-3-8(9)10/h2-6,12H,1H3. The second-order valence-electron chi connectivity index (χ2n) is 3.01.